The minimum atomic E-state index is -0.262. The summed E-state index contributed by atoms with van der Waals surface area (Å²) >= 11 is 0. The SMILES string of the molecule is COc1cccc(CNC(=O)NC(C)C)c1O. The second-order valence-corrected chi connectivity index (χ2v) is 3.95. The third-order valence-corrected chi connectivity index (χ3v) is 2.16. The predicted molar refractivity (Wildman–Crippen MR) is 65.2 cm³/mol. The number of ether oxygens (including phenoxy) is 1. The Bertz CT molecular complexity index is 391. The number of carbonyl (C=O) groups is 1. The molecule has 0 unspecified atom stereocenters. The molecule has 0 aromatic heterocycles. The zero-order chi connectivity index (χ0) is 12.8. The van der Waals surface area contributed by atoms with Gasteiger partial charge in [0.2, 0.25) is 0 Å². The fraction of sp³-hybridized carbons (Fsp3) is 0.417. The van der Waals surface area contributed by atoms with Crippen LogP contribution in [-0.4, -0.2) is 24.3 Å². The summed E-state index contributed by atoms with van der Waals surface area (Å²) in [5.74, 6) is 0.452. The summed E-state index contributed by atoms with van der Waals surface area (Å²) in [6, 6.07) is 4.97. The van der Waals surface area contributed by atoms with E-state index in [2.05, 4.69) is 10.6 Å². The van der Waals surface area contributed by atoms with Gasteiger partial charge in [-0.15, -0.1) is 0 Å². The minimum Gasteiger partial charge on any atom is -0.504 e. The fourth-order valence-electron chi connectivity index (χ4n) is 1.36. The standard InChI is InChI=1S/C12H18N2O3/c1-8(2)14-12(16)13-7-9-5-4-6-10(17-3)11(9)15/h4-6,8,15H,7H2,1-3H3,(H2,13,14,16). The molecule has 0 radical (unpaired) electrons. The van der Waals surface area contributed by atoms with Crippen molar-refractivity contribution in [2.75, 3.05) is 7.11 Å². The van der Waals surface area contributed by atoms with Crippen molar-refractivity contribution in [3.05, 3.63) is 23.8 Å². The van der Waals surface area contributed by atoms with Crippen molar-refractivity contribution in [2.24, 2.45) is 0 Å². The summed E-state index contributed by atoms with van der Waals surface area (Å²) in [6.07, 6.45) is 0. The van der Waals surface area contributed by atoms with Gasteiger partial charge in [-0.25, -0.2) is 4.79 Å². The van der Waals surface area contributed by atoms with E-state index in [1.165, 1.54) is 7.11 Å². The van der Waals surface area contributed by atoms with Gasteiger partial charge in [0.25, 0.3) is 0 Å². The minimum absolute atomic E-state index is 0.0554. The van der Waals surface area contributed by atoms with Crippen molar-refractivity contribution >= 4 is 6.03 Å². The van der Waals surface area contributed by atoms with Gasteiger partial charge >= 0.3 is 6.03 Å². The lowest BCUT2D eigenvalue weighted by Crippen LogP contribution is -2.39. The molecule has 5 heteroatoms. The molecule has 1 aromatic rings. The molecule has 0 aliphatic carbocycles. The van der Waals surface area contributed by atoms with Crippen LogP contribution in [0.2, 0.25) is 0 Å². The molecule has 0 atom stereocenters. The first-order valence-electron chi connectivity index (χ1n) is 5.43. The number of phenolic OH excluding ortho intramolecular Hbond substituents is 1. The van der Waals surface area contributed by atoms with Gasteiger partial charge in [-0.2, -0.15) is 0 Å². The normalized spacial score (nSPS) is 10.1. The second-order valence-electron chi connectivity index (χ2n) is 3.95. The Labute approximate surface area is 101 Å². The average Bonchev–Trinajstić information content (AvgIpc) is 2.27. The zero-order valence-corrected chi connectivity index (χ0v) is 10.3. The van der Waals surface area contributed by atoms with Crippen LogP contribution in [0.5, 0.6) is 11.5 Å². The van der Waals surface area contributed by atoms with Crippen molar-refractivity contribution in [1.29, 1.82) is 0 Å². The van der Waals surface area contributed by atoms with Gasteiger partial charge < -0.3 is 20.5 Å². The molecule has 1 rings (SSSR count). The topological polar surface area (TPSA) is 70.6 Å². The van der Waals surface area contributed by atoms with E-state index in [0.29, 0.717) is 11.3 Å². The summed E-state index contributed by atoms with van der Waals surface area (Å²) < 4.78 is 4.98. The highest BCUT2D eigenvalue weighted by atomic mass is 16.5. The number of rotatable bonds is 4. The lowest BCUT2D eigenvalue weighted by molar-refractivity contribution is 0.238. The first-order chi connectivity index (χ1) is 8.04. The number of phenols is 1. The molecule has 17 heavy (non-hydrogen) atoms. The largest absolute Gasteiger partial charge is 0.504 e. The highest BCUT2D eigenvalue weighted by Gasteiger charge is 2.08. The monoisotopic (exact) mass is 238 g/mol. The second kappa shape index (κ2) is 5.98. The van der Waals surface area contributed by atoms with Gasteiger partial charge in [0, 0.05) is 18.2 Å². The van der Waals surface area contributed by atoms with Crippen LogP contribution in [0, 0.1) is 0 Å². The number of hydrogen-bond donors (Lipinski definition) is 3. The first kappa shape index (κ1) is 13.2. The van der Waals surface area contributed by atoms with Crippen molar-refractivity contribution in [1.82, 2.24) is 10.6 Å². The van der Waals surface area contributed by atoms with Gasteiger partial charge in [-0.1, -0.05) is 12.1 Å². The molecule has 0 aliphatic rings. The summed E-state index contributed by atoms with van der Waals surface area (Å²) in [7, 11) is 1.48. The van der Waals surface area contributed by atoms with Crippen LogP contribution in [0.3, 0.4) is 0 Å². The summed E-state index contributed by atoms with van der Waals surface area (Å²) in [5, 5.41) is 15.1. The van der Waals surface area contributed by atoms with Gasteiger partial charge in [-0.05, 0) is 19.9 Å². The van der Waals surface area contributed by atoms with Crippen molar-refractivity contribution < 1.29 is 14.6 Å². The number of hydrogen-bond acceptors (Lipinski definition) is 3. The van der Waals surface area contributed by atoms with E-state index in [-0.39, 0.29) is 24.4 Å². The number of aromatic hydroxyl groups is 1. The number of amides is 2. The Morgan fingerprint density at radius 2 is 2.18 bits per heavy atom. The van der Waals surface area contributed by atoms with Crippen LogP contribution in [0.25, 0.3) is 0 Å². The zero-order valence-electron chi connectivity index (χ0n) is 10.3. The van der Waals surface area contributed by atoms with Gasteiger partial charge in [0.15, 0.2) is 11.5 Å². The number of urea groups is 1. The van der Waals surface area contributed by atoms with E-state index >= 15 is 0 Å². The van der Waals surface area contributed by atoms with E-state index in [4.69, 9.17) is 4.74 Å². The summed E-state index contributed by atoms with van der Waals surface area (Å²) in [5.41, 5.74) is 0.614. The van der Waals surface area contributed by atoms with Crippen molar-refractivity contribution in [3.63, 3.8) is 0 Å². The molecule has 0 saturated carbocycles. The Morgan fingerprint density at radius 3 is 2.76 bits per heavy atom. The number of methoxy groups -OCH3 is 1. The average molecular weight is 238 g/mol. The van der Waals surface area contributed by atoms with Gasteiger partial charge in [0.1, 0.15) is 0 Å². The van der Waals surface area contributed by atoms with Gasteiger partial charge in [0.05, 0.1) is 7.11 Å². The Morgan fingerprint density at radius 1 is 1.47 bits per heavy atom. The lowest BCUT2D eigenvalue weighted by atomic mass is 10.2. The molecule has 2 amide bonds. The van der Waals surface area contributed by atoms with Gasteiger partial charge in [-0.3, -0.25) is 0 Å². The molecule has 5 nitrogen and oxygen atoms in total. The highest BCUT2D eigenvalue weighted by molar-refractivity contribution is 5.74. The molecule has 1 aromatic carbocycles. The Hall–Kier alpha value is -1.91. The molecule has 0 spiro atoms. The molecule has 0 aliphatic heterocycles. The quantitative estimate of drug-likeness (QED) is 0.746. The maximum atomic E-state index is 11.4. The molecule has 0 bridgehead atoms. The van der Waals surface area contributed by atoms with Crippen LogP contribution < -0.4 is 15.4 Å². The summed E-state index contributed by atoms with van der Waals surface area (Å²) in [6.45, 7) is 4.01. The van der Waals surface area contributed by atoms with Crippen LogP contribution in [0.15, 0.2) is 18.2 Å². The third-order valence-electron chi connectivity index (χ3n) is 2.16. The molecule has 0 heterocycles. The molecular weight excluding hydrogens is 220 g/mol. The maximum Gasteiger partial charge on any atom is 0.315 e. The van der Waals surface area contributed by atoms with Crippen LogP contribution in [-0.2, 0) is 6.54 Å². The van der Waals surface area contributed by atoms with Crippen molar-refractivity contribution in [3.8, 4) is 11.5 Å². The van der Waals surface area contributed by atoms with Crippen LogP contribution in [0.4, 0.5) is 4.79 Å². The molecule has 0 saturated heterocycles. The van der Waals surface area contributed by atoms with E-state index in [1.54, 1.807) is 18.2 Å². The molecular formula is C12H18N2O3. The lowest BCUT2D eigenvalue weighted by Gasteiger charge is -2.12. The van der Waals surface area contributed by atoms with E-state index in [0.717, 1.165) is 0 Å². The van der Waals surface area contributed by atoms with E-state index in [9.17, 15) is 9.90 Å². The third kappa shape index (κ3) is 3.86. The number of carbonyl (C=O) groups excluding carboxylic acids is 1. The maximum absolute atomic E-state index is 11.4. The smallest absolute Gasteiger partial charge is 0.315 e. The fourth-order valence-corrected chi connectivity index (χ4v) is 1.36. The molecule has 0 fully saturated rings. The highest BCUT2D eigenvalue weighted by Crippen LogP contribution is 2.28. The summed E-state index contributed by atoms with van der Waals surface area (Å²) in [4.78, 5) is 11.4. The van der Waals surface area contributed by atoms with Crippen LogP contribution >= 0.6 is 0 Å². The number of nitrogens with one attached hydrogen (secondary N) is 2. The number of benzene rings is 1. The molecule has 3 N–H and O–H groups in total. The Balaban J connectivity index is 2.60. The Kier molecular flexibility index (Phi) is 4.63. The molecule has 94 valence electrons. The predicted octanol–water partition coefficient (Wildman–Crippen LogP) is 1.61. The van der Waals surface area contributed by atoms with Crippen LogP contribution in [0.1, 0.15) is 19.4 Å². The van der Waals surface area contributed by atoms with Crippen molar-refractivity contribution in [2.45, 2.75) is 26.4 Å². The van der Waals surface area contributed by atoms with E-state index < -0.39 is 0 Å². The number of para-hydroxylation sites is 1. The van der Waals surface area contributed by atoms with E-state index in [1.807, 2.05) is 13.8 Å². The first-order valence-corrected chi connectivity index (χ1v) is 5.43.